The van der Waals surface area contributed by atoms with E-state index in [1.165, 1.54) is 0 Å². The van der Waals surface area contributed by atoms with E-state index in [4.69, 9.17) is 15.6 Å². The minimum atomic E-state index is -5.08. The van der Waals surface area contributed by atoms with Crippen LogP contribution >= 0.6 is 0 Å². The number of aliphatic carboxylic acids is 1. The number of hydrogen-bond donors (Lipinski definition) is 6. The van der Waals surface area contributed by atoms with E-state index in [9.17, 15) is 22.8 Å². The second-order valence-electron chi connectivity index (χ2n) is 8.65. The van der Waals surface area contributed by atoms with Crippen molar-refractivity contribution < 1.29 is 32.7 Å². The largest absolute Gasteiger partial charge is 0.490 e. The topological polar surface area (TPSA) is 189 Å². The van der Waals surface area contributed by atoms with Crippen LogP contribution in [-0.4, -0.2) is 66.9 Å². The standard InChI is InChI=1S/C18H23N9O2.C2HF3O2/c19-10-1-3-11(4-2-10)21-16-24-14-9(7-13-15(28)25-18(29)23-13)8-20-27(14)17(26-16)22-12-5-6-12;3-2(4,5)1(6)7/h7-8,10-12H,1-6,19H2,(H2,21,22,24,26)(H2,23,25,28,29);(H,6,7)/b13-7-;/t10-,11-;. The molecule has 0 atom stereocenters. The van der Waals surface area contributed by atoms with Gasteiger partial charge in [-0.25, -0.2) is 9.59 Å². The van der Waals surface area contributed by atoms with Crippen LogP contribution in [0.2, 0.25) is 0 Å². The summed E-state index contributed by atoms with van der Waals surface area (Å²) in [6.07, 6.45) is 4.19. The third-order valence-electron chi connectivity index (χ3n) is 5.67. The molecular weight excluding hydrogens is 487 g/mol. The van der Waals surface area contributed by atoms with Gasteiger partial charge in [-0.15, -0.1) is 0 Å². The summed E-state index contributed by atoms with van der Waals surface area (Å²) < 4.78 is 33.4. The number of carboxylic acid groups (broad SMARTS) is 1. The highest BCUT2D eigenvalue weighted by Crippen LogP contribution is 2.27. The first-order chi connectivity index (χ1) is 17.0. The number of anilines is 2. The number of fused-ring (bicyclic) bond motifs is 1. The van der Waals surface area contributed by atoms with Crippen LogP contribution in [0, 0.1) is 0 Å². The van der Waals surface area contributed by atoms with Gasteiger partial charge in [-0.3, -0.25) is 10.1 Å². The molecule has 2 aromatic rings. The van der Waals surface area contributed by atoms with Gasteiger partial charge in [-0.05, 0) is 44.6 Å². The number of carbonyl (C=O) groups is 3. The molecule has 5 rings (SSSR count). The summed E-state index contributed by atoms with van der Waals surface area (Å²) in [4.78, 5) is 41.4. The minimum absolute atomic E-state index is 0.163. The van der Waals surface area contributed by atoms with Gasteiger partial charge in [0.25, 0.3) is 5.91 Å². The minimum Gasteiger partial charge on any atom is -0.475 e. The van der Waals surface area contributed by atoms with Crippen molar-refractivity contribution >= 4 is 41.5 Å². The monoisotopic (exact) mass is 511 g/mol. The lowest BCUT2D eigenvalue weighted by Gasteiger charge is -2.26. The number of amides is 3. The highest BCUT2D eigenvalue weighted by atomic mass is 19.4. The molecule has 16 heteroatoms. The summed E-state index contributed by atoms with van der Waals surface area (Å²) in [6.45, 7) is 0. The Morgan fingerprint density at radius 3 is 2.25 bits per heavy atom. The van der Waals surface area contributed by atoms with Crippen LogP contribution in [-0.2, 0) is 9.59 Å². The Labute approximate surface area is 201 Å². The number of alkyl halides is 3. The van der Waals surface area contributed by atoms with Crippen LogP contribution in [0.1, 0.15) is 44.1 Å². The molecule has 13 nitrogen and oxygen atoms in total. The molecule has 3 amide bonds. The van der Waals surface area contributed by atoms with Crippen LogP contribution in [0.3, 0.4) is 0 Å². The molecule has 0 radical (unpaired) electrons. The maximum atomic E-state index is 11.9. The zero-order valence-corrected chi connectivity index (χ0v) is 18.8. The zero-order chi connectivity index (χ0) is 26.0. The molecule has 1 aliphatic heterocycles. The molecule has 3 fully saturated rings. The lowest BCUT2D eigenvalue weighted by atomic mass is 9.92. The maximum Gasteiger partial charge on any atom is 0.490 e. The highest BCUT2D eigenvalue weighted by Gasteiger charge is 2.38. The number of aromatic nitrogens is 4. The maximum absolute atomic E-state index is 11.9. The van der Waals surface area contributed by atoms with Gasteiger partial charge < -0.3 is 26.8 Å². The Hall–Kier alpha value is -3.95. The molecule has 194 valence electrons. The zero-order valence-electron chi connectivity index (χ0n) is 18.8. The lowest BCUT2D eigenvalue weighted by molar-refractivity contribution is -0.192. The SMILES string of the molecule is N[C@H]1CC[C@H](Nc2nc(NC3CC3)n3ncc(/C=C4\NC(=O)NC4=O)c3n2)CC1.O=C(O)C(F)(F)F. The number of imide groups is 1. The molecule has 0 unspecified atom stereocenters. The van der Waals surface area contributed by atoms with Crippen molar-refractivity contribution in [3.8, 4) is 0 Å². The van der Waals surface area contributed by atoms with Crippen molar-refractivity contribution in [1.82, 2.24) is 30.2 Å². The van der Waals surface area contributed by atoms with Crippen LogP contribution in [0.5, 0.6) is 0 Å². The summed E-state index contributed by atoms with van der Waals surface area (Å²) in [5, 5.41) is 23.0. The molecule has 2 aromatic heterocycles. The normalized spacial score (nSPS) is 23.1. The molecule has 3 aliphatic rings. The predicted molar refractivity (Wildman–Crippen MR) is 120 cm³/mol. The Bertz CT molecular complexity index is 1200. The Morgan fingerprint density at radius 2 is 1.69 bits per heavy atom. The van der Waals surface area contributed by atoms with Crippen LogP contribution in [0.25, 0.3) is 11.7 Å². The fourth-order valence-electron chi connectivity index (χ4n) is 3.65. The van der Waals surface area contributed by atoms with E-state index < -0.39 is 24.1 Å². The number of carbonyl (C=O) groups excluding carboxylic acids is 2. The summed E-state index contributed by atoms with van der Waals surface area (Å²) in [6, 6.07) is 0.390. The highest BCUT2D eigenvalue weighted by molar-refractivity contribution is 6.14. The fourth-order valence-corrected chi connectivity index (χ4v) is 3.65. The van der Waals surface area contributed by atoms with Crippen LogP contribution in [0.15, 0.2) is 11.9 Å². The summed E-state index contributed by atoms with van der Waals surface area (Å²) in [7, 11) is 0. The molecule has 0 spiro atoms. The summed E-state index contributed by atoms with van der Waals surface area (Å²) in [5.41, 5.74) is 7.34. The average Bonchev–Trinajstić information content (AvgIpc) is 3.43. The molecule has 0 bridgehead atoms. The number of hydrogen-bond acceptors (Lipinski definition) is 9. The molecule has 0 aromatic carbocycles. The molecule has 7 N–H and O–H groups in total. The van der Waals surface area contributed by atoms with Gasteiger partial charge in [0.1, 0.15) is 5.70 Å². The average molecular weight is 511 g/mol. The van der Waals surface area contributed by atoms with E-state index in [1.807, 2.05) is 0 Å². The third-order valence-corrected chi connectivity index (χ3v) is 5.67. The van der Waals surface area contributed by atoms with Gasteiger partial charge in [0.05, 0.1) is 6.20 Å². The van der Waals surface area contributed by atoms with Crippen molar-refractivity contribution in [3.63, 3.8) is 0 Å². The number of rotatable bonds is 5. The molecule has 3 heterocycles. The first-order valence-corrected chi connectivity index (χ1v) is 11.2. The van der Waals surface area contributed by atoms with Gasteiger partial charge in [-0.1, -0.05) is 0 Å². The quantitative estimate of drug-likeness (QED) is 0.251. The Morgan fingerprint density at radius 1 is 1.08 bits per heavy atom. The third kappa shape index (κ3) is 6.18. The van der Waals surface area contributed by atoms with E-state index in [1.54, 1.807) is 16.8 Å². The van der Waals surface area contributed by atoms with Crippen molar-refractivity contribution in [2.24, 2.45) is 5.73 Å². The predicted octanol–water partition coefficient (Wildman–Crippen LogP) is 1.19. The second kappa shape index (κ2) is 9.96. The van der Waals surface area contributed by atoms with Gasteiger partial charge in [0.15, 0.2) is 5.65 Å². The molecule has 2 aliphatic carbocycles. The smallest absolute Gasteiger partial charge is 0.475 e. The molecule has 2 saturated carbocycles. The molecule has 36 heavy (non-hydrogen) atoms. The van der Waals surface area contributed by atoms with Crippen LogP contribution in [0.4, 0.5) is 29.9 Å². The fraction of sp³-hybridized carbons (Fsp3) is 0.500. The van der Waals surface area contributed by atoms with Gasteiger partial charge >= 0.3 is 18.2 Å². The van der Waals surface area contributed by atoms with Gasteiger partial charge in [0, 0.05) is 23.7 Å². The van der Waals surface area contributed by atoms with Crippen molar-refractivity contribution in [2.75, 3.05) is 10.6 Å². The summed E-state index contributed by atoms with van der Waals surface area (Å²) in [5.74, 6) is -2.11. The molecule has 1 saturated heterocycles. The van der Waals surface area contributed by atoms with Crippen molar-refractivity contribution in [1.29, 1.82) is 0 Å². The number of halogens is 3. The first kappa shape index (κ1) is 25.2. The number of carboxylic acids is 1. The second-order valence-corrected chi connectivity index (χ2v) is 8.65. The van der Waals surface area contributed by atoms with E-state index in [0.29, 0.717) is 29.1 Å². The van der Waals surface area contributed by atoms with E-state index in [-0.39, 0.29) is 17.8 Å². The van der Waals surface area contributed by atoms with E-state index in [2.05, 4.69) is 36.3 Å². The number of nitrogens with two attached hydrogens (primary N) is 1. The van der Waals surface area contributed by atoms with E-state index in [0.717, 1.165) is 38.5 Å². The Balaban J connectivity index is 0.000000384. The van der Waals surface area contributed by atoms with E-state index >= 15 is 0 Å². The van der Waals surface area contributed by atoms with Crippen molar-refractivity contribution in [3.05, 3.63) is 17.5 Å². The van der Waals surface area contributed by atoms with Crippen molar-refractivity contribution in [2.45, 2.75) is 62.8 Å². The van der Waals surface area contributed by atoms with Gasteiger partial charge in [0.2, 0.25) is 11.9 Å². The first-order valence-electron chi connectivity index (χ1n) is 11.2. The molecular formula is C20H24F3N9O4. The summed E-state index contributed by atoms with van der Waals surface area (Å²) >= 11 is 0. The number of nitrogens with one attached hydrogen (secondary N) is 4. The van der Waals surface area contributed by atoms with Crippen LogP contribution < -0.4 is 27.0 Å². The number of nitrogens with zero attached hydrogens (tertiary/aromatic N) is 4. The lowest BCUT2D eigenvalue weighted by Crippen LogP contribution is -2.33. The number of urea groups is 1. The van der Waals surface area contributed by atoms with Gasteiger partial charge in [-0.2, -0.15) is 32.8 Å². The Kier molecular flexibility index (Phi) is 6.96.